The zero-order valence-electron chi connectivity index (χ0n) is 6.46. The minimum Gasteiger partial charge on any atom is -0.345 e. The lowest BCUT2D eigenvalue weighted by Crippen LogP contribution is -2.23. The molecule has 10 heavy (non-hydrogen) atoms. The largest absolute Gasteiger partial charge is 0.345 e. The second-order valence-corrected chi connectivity index (χ2v) is 2.19. The molecule has 0 rings (SSSR count). The van der Waals surface area contributed by atoms with E-state index in [1.54, 1.807) is 4.90 Å². The van der Waals surface area contributed by atoms with Crippen molar-refractivity contribution < 1.29 is 9.59 Å². The number of hydrogen-bond acceptors (Lipinski definition) is 2. The van der Waals surface area contributed by atoms with E-state index in [9.17, 15) is 9.59 Å². The molecule has 0 aromatic carbocycles. The van der Waals surface area contributed by atoms with Crippen molar-refractivity contribution in [2.75, 3.05) is 13.1 Å². The quantitative estimate of drug-likeness (QED) is 0.524. The molecule has 0 saturated carbocycles. The fraction of sp³-hybridized carbons (Fsp3) is 0.714. The van der Waals surface area contributed by atoms with Crippen molar-refractivity contribution in [2.24, 2.45) is 0 Å². The summed E-state index contributed by atoms with van der Waals surface area (Å²) in [5.41, 5.74) is 0. The molecule has 0 atom stereocenters. The molecule has 0 aliphatic heterocycles. The lowest BCUT2D eigenvalue weighted by molar-refractivity contribution is -0.120. The molecule has 0 saturated heterocycles. The Morgan fingerprint density at radius 3 is 2.50 bits per heavy atom. The molecule has 0 N–H and O–H groups in total. The van der Waals surface area contributed by atoms with E-state index in [4.69, 9.17) is 0 Å². The average molecular weight is 143 g/mol. The second-order valence-electron chi connectivity index (χ2n) is 2.19. The van der Waals surface area contributed by atoms with E-state index in [1.807, 2.05) is 6.92 Å². The number of hydrogen-bond donors (Lipinski definition) is 0. The summed E-state index contributed by atoms with van der Waals surface area (Å²) in [6, 6.07) is 0. The normalized spacial score (nSPS) is 9.00. The molecule has 0 fully saturated rings. The van der Waals surface area contributed by atoms with E-state index in [0.717, 1.165) is 6.41 Å². The predicted octanol–water partition coefficient (Wildman–Crippen LogP) is 0.444. The highest BCUT2D eigenvalue weighted by molar-refractivity contribution is 5.75. The smallest absolute Gasteiger partial charge is 0.209 e. The highest BCUT2D eigenvalue weighted by atomic mass is 16.1. The highest BCUT2D eigenvalue weighted by Crippen LogP contribution is 1.87. The van der Waals surface area contributed by atoms with Gasteiger partial charge >= 0.3 is 0 Å². The third-order valence-corrected chi connectivity index (χ3v) is 1.31. The molecule has 3 nitrogen and oxygen atoms in total. The fourth-order valence-corrected chi connectivity index (χ4v) is 0.586. The number of Topliss-reactive ketones (excluding diaryl/α,β-unsaturated/α-hetero) is 1. The fourth-order valence-electron chi connectivity index (χ4n) is 0.586. The maximum Gasteiger partial charge on any atom is 0.209 e. The molecule has 58 valence electrons. The van der Waals surface area contributed by atoms with Crippen LogP contribution in [0.2, 0.25) is 0 Å². The van der Waals surface area contributed by atoms with Crippen LogP contribution in [0.4, 0.5) is 0 Å². The highest BCUT2D eigenvalue weighted by Gasteiger charge is 1.98. The van der Waals surface area contributed by atoms with Crippen molar-refractivity contribution in [2.45, 2.75) is 20.3 Å². The molecule has 0 aliphatic rings. The lowest BCUT2D eigenvalue weighted by atomic mass is 10.3. The number of nitrogens with zero attached hydrogens (tertiary/aromatic N) is 1. The Morgan fingerprint density at radius 2 is 2.20 bits per heavy atom. The van der Waals surface area contributed by atoms with Gasteiger partial charge in [0.15, 0.2) is 0 Å². The SMILES string of the molecule is CCN(C=O)CCC(C)=O. The standard InChI is InChI=1S/C7H13NO2/c1-3-8(6-9)5-4-7(2)10/h6H,3-5H2,1-2H3. The van der Waals surface area contributed by atoms with E-state index in [1.165, 1.54) is 6.92 Å². The molecule has 0 aromatic rings. The molecule has 1 amide bonds. The van der Waals surface area contributed by atoms with E-state index < -0.39 is 0 Å². The van der Waals surface area contributed by atoms with Crippen LogP contribution in [0.15, 0.2) is 0 Å². The average Bonchev–Trinajstić information content (AvgIpc) is 1.90. The number of carbonyl (C=O) groups excluding carboxylic acids is 2. The lowest BCUT2D eigenvalue weighted by Gasteiger charge is -2.12. The molecule has 0 bridgehead atoms. The second kappa shape index (κ2) is 4.97. The van der Waals surface area contributed by atoms with Gasteiger partial charge in [-0.3, -0.25) is 9.59 Å². The third kappa shape index (κ3) is 4.06. The molecule has 0 aliphatic carbocycles. The summed E-state index contributed by atoms with van der Waals surface area (Å²) in [5.74, 6) is 0.125. The van der Waals surface area contributed by atoms with Gasteiger partial charge in [-0.1, -0.05) is 0 Å². The summed E-state index contributed by atoms with van der Waals surface area (Å²) in [5, 5.41) is 0. The minimum absolute atomic E-state index is 0.125. The molecule has 0 spiro atoms. The van der Waals surface area contributed by atoms with E-state index in [-0.39, 0.29) is 5.78 Å². The van der Waals surface area contributed by atoms with Crippen LogP contribution in [0.3, 0.4) is 0 Å². The Kier molecular flexibility index (Phi) is 4.54. The molecule has 3 heteroatoms. The van der Waals surface area contributed by atoms with Crippen LogP contribution in [0.25, 0.3) is 0 Å². The molecule has 0 aromatic heterocycles. The zero-order chi connectivity index (χ0) is 7.98. The minimum atomic E-state index is 0.125. The topological polar surface area (TPSA) is 37.4 Å². The maximum atomic E-state index is 10.4. The van der Waals surface area contributed by atoms with E-state index in [0.29, 0.717) is 19.5 Å². The maximum absolute atomic E-state index is 10.4. The summed E-state index contributed by atoms with van der Waals surface area (Å²) in [7, 11) is 0. The van der Waals surface area contributed by atoms with Gasteiger partial charge < -0.3 is 4.90 Å². The summed E-state index contributed by atoms with van der Waals surface area (Å²) in [4.78, 5) is 22.2. The van der Waals surface area contributed by atoms with Crippen LogP contribution < -0.4 is 0 Å². The number of ketones is 1. The van der Waals surface area contributed by atoms with Gasteiger partial charge in [0.1, 0.15) is 5.78 Å². The van der Waals surface area contributed by atoms with E-state index in [2.05, 4.69) is 0 Å². The molecule has 0 unspecified atom stereocenters. The number of rotatable bonds is 5. The van der Waals surface area contributed by atoms with Gasteiger partial charge in [-0.25, -0.2) is 0 Å². The predicted molar refractivity (Wildman–Crippen MR) is 38.6 cm³/mol. The van der Waals surface area contributed by atoms with Crippen molar-refractivity contribution >= 4 is 12.2 Å². The molecular weight excluding hydrogens is 130 g/mol. The first kappa shape index (κ1) is 9.14. The molecule has 0 radical (unpaired) electrons. The van der Waals surface area contributed by atoms with Crippen LogP contribution in [0.5, 0.6) is 0 Å². The van der Waals surface area contributed by atoms with Gasteiger partial charge in [-0.05, 0) is 13.8 Å². The van der Waals surface area contributed by atoms with Gasteiger partial charge in [0.25, 0.3) is 0 Å². The van der Waals surface area contributed by atoms with Crippen molar-refractivity contribution in [3.05, 3.63) is 0 Å². The van der Waals surface area contributed by atoms with Crippen molar-refractivity contribution in [3.8, 4) is 0 Å². The van der Waals surface area contributed by atoms with Gasteiger partial charge in [-0.15, -0.1) is 0 Å². The Labute approximate surface area is 61.0 Å². The van der Waals surface area contributed by atoms with Crippen LogP contribution in [-0.2, 0) is 9.59 Å². The third-order valence-electron chi connectivity index (χ3n) is 1.31. The van der Waals surface area contributed by atoms with Crippen LogP contribution in [0, 0.1) is 0 Å². The van der Waals surface area contributed by atoms with E-state index >= 15 is 0 Å². The summed E-state index contributed by atoms with van der Waals surface area (Å²) in [6.45, 7) is 4.64. The summed E-state index contributed by atoms with van der Waals surface area (Å²) >= 11 is 0. The van der Waals surface area contributed by atoms with Crippen molar-refractivity contribution in [1.29, 1.82) is 0 Å². The Hall–Kier alpha value is -0.860. The first-order chi connectivity index (χ1) is 4.70. The summed E-state index contributed by atoms with van der Waals surface area (Å²) in [6.07, 6.45) is 1.23. The Morgan fingerprint density at radius 1 is 1.60 bits per heavy atom. The number of amides is 1. The van der Waals surface area contributed by atoms with Gasteiger partial charge in [0, 0.05) is 19.5 Å². The molecular formula is C7H13NO2. The Balaban J connectivity index is 3.44. The first-order valence-corrected chi connectivity index (χ1v) is 3.39. The van der Waals surface area contributed by atoms with Gasteiger partial charge in [-0.2, -0.15) is 0 Å². The van der Waals surface area contributed by atoms with Crippen LogP contribution in [-0.4, -0.2) is 30.2 Å². The van der Waals surface area contributed by atoms with Gasteiger partial charge in [0.2, 0.25) is 6.41 Å². The molecule has 0 heterocycles. The van der Waals surface area contributed by atoms with Gasteiger partial charge in [0.05, 0.1) is 0 Å². The van der Waals surface area contributed by atoms with Crippen molar-refractivity contribution in [3.63, 3.8) is 0 Å². The Bertz CT molecular complexity index is 123. The van der Waals surface area contributed by atoms with Crippen molar-refractivity contribution in [1.82, 2.24) is 4.90 Å². The zero-order valence-corrected chi connectivity index (χ0v) is 6.46. The monoisotopic (exact) mass is 143 g/mol. The van der Waals surface area contributed by atoms with Crippen LogP contribution >= 0.6 is 0 Å². The first-order valence-electron chi connectivity index (χ1n) is 3.39. The number of carbonyl (C=O) groups is 2. The summed E-state index contributed by atoms with van der Waals surface area (Å²) < 4.78 is 0. The van der Waals surface area contributed by atoms with Crippen LogP contribution in [0.1, 0.15) is 20.3 Å².